The molecule has 3 unspecified atom stereocenters. The first-order valence-corrected chi connectivity index (χ1v) is 7.52. The highest BCUT2D eigenvalue weighted by Crippen LogP contribution is 2.29. The number of fused-ring (bicyclic) bond motifs is 1. The van der Waals surface area contributed by atoms with Gasteiger partial charge in [0, 0.05) is 18.6 Å². The van der Waals surface area contributed by atoms with E-state index in [-0.39, 0.29) is 0 Å². The molecule has 2 aliphatic heterocycles. The van der Waals surface area contributed by atoms with Crippen molar-refractivity contribution >= 4 is 0 Å². The second-order valence-corrected chi connectivity index (χ2v) is 5.88. The van der Waals surface area contributed by atoms with Crippen LogP contribution in [0.3, 0.4) is 0 Å². The fraction of sp³-hybridized carbons (Fsp3) is 1.00. The van der Waals surface area contributed by atoms with E-state index in [9.17, 15) is 0 Å². The van der Waals surface area contributed by atoms with E-state index in [4.69, 9.17) is 4.74 Å². The molecule has 0 bridgehead atoms. The summed E-state index contributed by atoms with van der Waals surface area (Å²) in [5.74, 6) is 0. The van der Waals surface area contributed by atoms with Gasteiger partial charge in [0.05, 0.1) is 12.7 Å². The molecule has 98 valence electrons. The fourth-order valence-corrected chi connectivity index (χ4v) is 3.83. The number of nitrogens with zero attached hydrogens (tertiary/aromatic N) is 1. The maximum absolute atomic E-state index is 5.86. The molecule has 17 heavy (non-hydrogen) atoms. The van der Waals surface area contributed by atoms with Crippen molar-refractivity contribution in [3.05, 3.63) is 0 Å². The zero-order valence-corrected chi connectivity index (χ0v) is 10.9. The summed E-state index contributed by atoms with van der Waals surface area (Å²) in [6.45, 7) is 4.66. The highest BCUT2D eigenvalue weighted by atomic mass is 16.5. The van der Waals surface area contributed by atoms with Gasteiger partial charge in [-0.15, -0.1) is 0 Å². The van der Waals surface area contributed by atoms with Crippen molar-refractivity contribution in [1.29, 1.82) is 0 Å². The van der Waals surface area contributed by atoms with E-state index in [1.165, 1.54) is 64.6 Å². The molecule has 1 N–H and O–H groups in total. The first-order chi connectivity index (χ1) is 8.43. The molecule has 1 saturated carbocycles. The van der Waals surface area contributed by atoms with Crippen LogP contribution in [-0.2, 0) is 4.74 Å². The van der Waals surface area contributed by atoms with E-state index in [0.717, 1.165) is 18.7 Å². The van der Waals surface area contributed by atoms with Crippen LogP contribution in [0.4, 0.5) is 0 Å². The van der Waals surface area contributed by atoms with Gasteiger partial charge in [0.25, 0.3) is 0 Å². The van der Waals surface area contributed by atoms with Gasteiger partial charge in [-0.1, -0.05) is 0 Å². The van der Waals surface area contributed by atoms with E-state index in [1.54, 1.807) is 0 Å². The molecule has 2 saturated heterocycles. The molecule has 3 aliphatic rings. The van der Waals surface area contributed by atoms with Crippen molar-refractivity contribution in [2.75, 3.05) is 26.2 Å². The topological polar surface area (TPSA) is 24.5 Å². The molecule has 2 heterocycles. The average molecular weight is 238 g/mol. The highest BCUT2D eigenvalue weighted by Gasteiger charge is 2.35. The minimum Gasteiger partial charge on any atom is -0.375 e. The zero-order chi connectivity index (χ0) is 11.5. The van der Waals surface area contributed by atoms with E-state index in [1.807, 2.05) is 0 Å². The Morgan fingerprint density at radius 2 is 2.18 bits per heavy atom. The summed E-state index contributed by atoms with van der Waals surface area (Å²) in [5.41, 5.74) is 0. The van der Waals surface area contributed by atoms with Crippen LogP contribution in [0.5, 0.6) is 0 Å². The first kappa shape index (κ1) is 11.9. The van der Waals surface area contributed by atoms with Crippen molar-refractivity contribution in [3.63, 3.8) is 0 Å². The van der Waals surface area contributed by atoms with Crippen molar-refractivity contribution < 1.29 is 4.74 Å². The van der Waals surface area contributed by atoms with Crippen LogP contribution in [0.25, 0.3) is 0 Å². The molecule has 0 spiro atoms. The van der Waals surface area contributed by atoms with Crippen LogP contribution >= 0.6 is 0 Å². The summed E-state index contributed by atoms with van der Waals surface area (Å²) in [4.78, 5) is 2.70. The molecule has 3 fully saturated rings. The van der Waals surface area contributed by atoms with Crippen LogP contribution in [-0.4, -0.2) is 49.3 Å². The molecular formula is C14H26N2O. The zero-order valence-electron chi connectivity index (χ0n) is 10.9. The lowest BCUT2D eigenvalue weighted by Crippen LogP contribution is -2.48. The lowest BCUT2D eigenvalue weighted by molar-refractivity contribution is -0.0559. The van der Waals surface area contributed by atoms with Crippen LogP contribution in [0.2, 0.25) is 0 Å². The minimum atomic E-state index is 0.563. The molecule has 3 atom stereocenters. The van der Waals surface area contributed by atoms with E-state index >= 15 is 0 Å². The largest absolute Gasteiger partial charge is 0.375 e. The predicted octanol–water partition coefficient (Wildman–Crippen LogP) is 1.77. The van der Waals surface area contributed by atoms with E-state index in [2.05, 4.69) is 10.2 Å². The molecule has 3 rings (SSSR count). The quantitative estimate of drug-likeness (QED) is 0.808. The third-order valence-corrected chi connectivity index (χ3v) is 4.76. The fourth-order valence-electron chi connectivity index (χ4n) is 3.83. The molecular weight excluding hydrogens is 212 g/mol. The van der Waals surface area contributed by atoms with Crippen molar-refractivity contribution in [3.8, 4) is 0 Å². The van der Waals surface area contributed by atoms with Gasteiger partial charge >= 0.3 is 0 Å². The van der Waals surface area contributed by atoms with Gasteiger partial charge in [-0.25, -0.2) is 0 Å². The van der Waals surface area contributed by atoms with Crippen LogP contribution in [0.15, 0.2) is 0 Å². The van der Waals surface area contributed by atoms with Crippen molar-refractivity contribution in [2.24, 2.45) is 0 Å². The van der Waals surface area contributed by atoms with Crippen LogP contribution < -0.4 is 5.32 Å². The molecule has 3 nitrogen and oxygen atoms in total. The molecule has 0 aromatic heterocycles. The van der Waals surface area contributed by atoms with Gasteiger partial charge in [-0.3, -0.25) is 4.90 Å². The highest BCUT2D eigenvalue weighted by molar-refractivity contribution is 4.89. The Kier molecular flexibility index (Phi) is 3.99. The van der Waals surface area contributed by atoms with Crippen LogP contribution in [0.1, 0.15) is 44.9 Å². The van der Waals surface area contributed by atoms with Gasteiger partial charge in [0.15, 0.2) is 0 Å². The van der Waals surface area contributed by atoms with Gasteiger partial charge < -0.3 is 10.1 Å². The average Bonchev–Trinajstić information content (AvgIpc) is 2.99. The molecule has 0 radical (unpaired) electrons. The predicted molar refractivity (Wildman–Crippen MR) is 69.2 cm³/mol. The maximum Gasteiger partial charge on any atom is 0.0730 e. The number of ether oxygens (including phenoxy) is 1. The molecule has 0 aromatic carbocycles. The summed E-state index contributed by atoms with van der Waals surface area (Å²) < 4.78 is 5.86. The van der Waals surface area contributed by atoms with Gasteiger partial charge in [-0.2, -0.15) is 0 Å². The summed E-state index contributed by atoms with van der Waals surface area (Å²) in [7, 11) is 0. The summed E-state index contributed by atoms with van der Waals surface area (Å²) in [6, 6.07) is 1.57. The minimum absolute atomic E-state index is 0.563. The van der Waals surface area contributed by atoms with Crippen molar-refractivity contribution in [2.45, 2.75) is 63.1 Å². The Bertz CT molecular complexity index is 240. The second-order valence-electron chi connectivity index (χ2n) is 5.88. The standard InChI is InChI=1S/C14H26N2O/c1-6-13-14(7-1)17-11-10-16(13)9-3-5-12-4-2-8-15-12/h12-15H,1-11H2. The van der Waals surface area contributed by atoms with E-state index in [0.29, 0.717) is 6.10 Å². The Morgan fingerprint density at radius 3 is 3.06 bits per heavy atom. The van der Waals surface area contributed by atoms with Gasteiger partial charge in [0.2, 0.25) is 0 Å². The van der Waals surface area contributed by atoms with E-state index < -0.39 is 0 Å². The third kappa shape index (κ3) is 2.83. The Hall–Kier alpha value is -0.120. The smallest absolute Gasteiger partial charge is 0.0730 e. The second kappa shape index (κ2) is 5.68. The summed E-state index contributed by atoms with van der Waals surface area (Å²) >= 11 is 0. The van der Waals surface area contributed by atoms with Crippen LogP contribution in [0, 0.1) is 0 Å². The molecule has 1 aliphatic carbocycles. The Morgan fingerprint density at radius 1 is 1.18 bits per heavy atom. The summed E-state index contributed by atoms with van der Waals surface area (Å²) in [5, 5.41) is 3.60. The SMILES string of the molecule is C1CNC(CCCN2CCOC3CCCC32)C1. The molecule has 0 amide bonds. The summed E-state index contributed by atoms with van der Waals surface area (Å²) in [6.07, 6.45) is 10.1. The Balaban J connectivity index is 1.41. The van der Waals surface area contributed by atoms with Gasteiger partial charge in [0.1, 0.15) is 0 Å². The monoisotopic (exact) mass is 238 g/mol. The number of nitrogens with one attached hydrogen (secondary N) is 1. The van der Waals surface area contributed by atoms with Crippen molar-refractivity contribution in [1.82, 2.24) is 10.2 Å². The Labute approximate surface area is 105 Å². The first-order valence-electron chi connectivity index (χ1n) is 7.52. The van der Waals surface area contributed by atoms with Gasteiger partial charge in [-0.05, 0) is 58.0 Å². The molecule has 0 aromatic rings. The number of hydrogen-bond donors (Lipinski definition) is 1. The normalized spacial score (nSPS) is 38.5. The third-order valence-electron chi connectivity index (χ3n) is 4.76. The number of rotatable bonds is 4. The molecule has 3 heteroatoms. The number of hydrogen-bond acceptors (Lipinski definition) is 3. The lowest BCUT2D eigenvalue weighted by atomic mass is 10.1. The number of morpholine rings is 1. The lowest BCUT2D eigenvalue weighted by Gasteiger charge is -2.37. The maximum atomic E-state index is 5.86.